The summed E-state index contributed by atoms with van der Waals surface area (Å²) in [5.74, 6) is 0. The standard InChI is InChI=1S/C17H10BrNS/c18-14-8-7-11-9-13(6-5-12(11)10-14)17-19-15-3-1-2-4-16(15)20-17/h1-10H. The number of fused-ring (bicyclic) bond motifs is 2. The zero-order valence-electron chi connectivity index (χ0n) is 10.5. The lowest BCUT2D eigenvalue weighted by Gasteiger charge is -2.01. The summed E-state index contributed by atoms with van der Waals surface area (Å²) in [6.45, 7) is 0. The summed E-state index contributed by atoms with van der Waals surface area (Å²) >= 11 is 5.25. The van der Waals surface area contributed by atoms with E-state index < -0.39 is 0 Å². The fraction of sp³-hybridized carbons (Fsp3) is 0. The van der Waals surface area contributed by atoms with Crippen LogP contribution < -0.4 is 0 Å². The highest BCUT2D eigenvalue weighted by Gasteiger charge is 2.06. The molecule has 0 radical (unpaired) electrons. The first kappa shape index (κ1) is 12.1. The van der Waals surface area contributed by atoms with Crippen molar-refractivity contribution in [1.29, 1.82) is 0 Å². The van der Waals surface area contributed by atoms with E-state index in [0.29, 0.717) is 0 Å². The topological polar surface area (TPSA) is 12.9 Å². The van der Waals surface area contributed by atoms with Crippen molar-refractivity contribution in [3.63, 3.8) is 0 Å². The maximum atomic E-state index is 4.72. The minimum atomic E-state index is 1.07. The van der Waals surface area contributed by atoms with Crippen LogP contribution >= 0.6 is 27.3 Å². The van der Waals surface area contributed by atoms with Gasteiger partial charge in [-0.1, -0.05) is 46.3 Å². The van der Waals surface area contributed by atoms with Crippen molar-refractivity contribution in [3.05, 3.63) is 65.1 Å². The molecule has 1 nitrogen and oxygen atoms in total. The van der Waals surface area contributed by atoms with E-state index in [-0.39, 0.29) is 0 Å². The largest absolute Gasteiger partial charge is 0.236 e. The molecule has 0 N–H and O–H groups in total. The van der Waals surface area contributed by atoms with Gasteiger partial charge in [0, 0.05) is 10.0 Å². The first-order valence-corrected chi connectivity index (χ1v) is 7.96. The maximum absolute atomic E-state index is 4.72. The van der Waals surface area contributed by atoms with Crippen molar-refractivity contribution < 1.29 is 0 Å². The lowest BCUT2D eigenvalue weighted by molar-refractivity contribution is 1.48. The van der Waals surface area contributed by atoms with E-state index in [4.69, 9.17) is 4.98 Å². The summed E-state index contributed by atoms with van der Waals surface area (Å²) in [7, 11) is 0. The van der Waals surface area contributed by atoms with Gasteiger partial charge < -0.3 is 0 Å². The number of rotatable bonds is 1. The molecule has 0 saturated heterocycles. The fourth-order valence-corrected chi connectivity index (χ4v) is 3.69. The molecule has 0 aliphatic carbocycles. The van der Waals surface area contributed by atoms with Crippen LogP contribution in [-0.4, -0.2) is 4.98 Å². The predicted molar refractivity (Wildman–Crippen MR) is 90.3 cm³/mol. The van der Waals surface area contributed by atoms with Crippen LogP contribution in [0, 0.1) is 0 Å². The quantitative estimate of drug-likeness (QED) is 0.422. The van der Waals surface area contributed by atoms with Crippen LogP contribution in [0.2, 0.25) is 0 Å². The number of hydrogen-bond donors (Lipinski definition) is 0. The molecule has 96 valence electrons. The number of aromatic nitrogens is 1. The summed E-state index contributed by atoms with van der Waals surface area (Å²) in [5.41, 5.74) is 2.25. The Balaban J connectivity index is 1.90. The molecule has 0 unspecified atom stereocenters. The molecule has 3 heteroatoms. The van der Waals surface area contributed by atoms with E-state index in [2.05, 4.69) is 70.5 Å². The first-order chi connectivity index (χ1) is 9.79. The zero-order chi connectivity index (χ0) is 13.5. The monoisotopic (exact) mass is 339 g/mol. The third kappa shape index (κ3) is 2.03. The van der Waals surface area contributed by atoms with Gasteiger partial charge in [-0.05, 0) is 41.1 Å². The number of halogens is 1. The molecule has 1 aromatic heterocycles. The first-order valence-electron chi connectivity index (χ1n) is 6.35. The zero-order valence-corrected chi connectivity index (χ0v) is 12.9. The highest BCUT2D eigenvalue weighted by Crippen LogP contribution is 2.32. The summed E-state index contributed by atoms with van der Waals surface area (Å²) in [5, 5.41) is 3.56. The van der Waals surface area contributed by atoms with Gasteiger partial charge in [0.1, 0.15) is 5.01 Å². The van der Waals surface area contributed by atoms with Crippen molar-refractivity contribution in [1.82, 2.24) is 4.98 Å². The minimum absolute atomic E-state index is 1.07. The minimum Gasteiger partial charge on any atom is -0.236 e. The van der Waals surface area contributed by atoms with Gasteiger partial charge >= 0.3 is 0 Å². The second-order valence-electron chi connectivity index (χ2n) is 4.69. The molecule has 0 aliphatic rings. The third-order valence-corrected chi connectivity index (χ3v) is 4.92. The van der Waals surface area contributed by atoms with Crippen molar-refractivity contribution in [3.8, 4) is 10.6 Å². The smallest absolute Gasteiger partial charge is 0.124 e. The molecule has 20 heavy (non-hydrogen) atoms. The normalized spacial score (nSPS) is 11.2. The fourth-order valence-electron chi connectivity index (χ4n) is 2.35. The Morgan fingerprint density at radius 3 is 2.55 bits per heavy atom. The van der Waals surface area contributed by atoms with Crippen LogP contribution in [0.1, 0.15) is 0 Å². The maximum Gasteiger partial charge on any atom is 0.124 e. The number of benzene rings is 3. The lowest BCUT2D eigenvalue weighted by atomic mass is 10.1. The number of nitrogens with zero attached hydrogens (tertiary/aromatic N) is 1. The van der Waals surface area contributed by atoms with Gasteiger partial charge in [-0.3, -0.25) is 0 Å². The van der Waals surface area contributed by atoms with Gasteiger partial charge in [-0.2, -0.15) is 0 Å². The van der Waals surface area contributed by atoms with Crippen molar-refractivity contribution in [2.45, 2.75) is 0 Å². The van der Waals surface area contributed by atoms with Gasteiger partial charge in [0.25, 0.3) is 0 Å². The second kappa shape index (κ2) is 4.69. The number of hydrogen-bond acceptors (Lipinski definition) is 2. The summed E-state index contributed by atoms with van der Waals surface area (Å²) in [4.78, 5) is 4.72. The van der Waals surface area contributed by atoms with Crippen molar-refractivity contribution in [2.24, 2.45) is 0 Å². The molecule has 0 fully saturated rings. The Bertz CT molecular complexity index is 893. The highest BCUT2D eigenvalue weighted by molar-refractivity contribution is 9.10. The van der Waals surface area contributed by atoms with E-state index in [9.17, 15) is 0 Å². The SMILES string of the molecule is Brc1ccc2cc(-c3nc4ccccc4s3)ccc2c1. The van der Waals surface area contributed by atoms with E-state index in [0.717, 1.165) is 15.0 Å². The van der Waals surface area contributed by atoms with Gasteiger partial charge in [0.15, 0.2) is 0 Å². The summed E-state index contributed by atoms with van der Waals surface area (Å²) < 4.78 is 2.34. The molecule has 4 rings (SSSR count). The molecule has 0 bridgehead atoms. The molecule has 3 aromatic carbocycles. The Morgan fingerprint density at radius 2 is 1.65 bits per heavy atom. The second-order valence-corrected chi connectivity index (χ2v) is 6.64. The van der Waals surface area contributed by atoms with Crippen LogP contribution in [-0.2, 0) is 0 Å². The molecule has 0 atom stereocenters. The Morgan fingerprint density at radius 1 is 0.850 bits per heavy atom. The van der Waals surface area contributed by atoms with E-state index in [1.54, 1.807) is 11.3 Å². The molecule has 0 amide bonds. The molecule has 4 aromatic rings. The average molecular weight is 340 g/mol. The van der Waals surface area contributed by atoms with E-state index >= 15 is 0 Å². The van der Waals surface area contributed by atoms with Crippen LogP contribution in [0.4, 0.5) is 0 Å². The molecule has 0 aliphatic heterocycles. The van der Waals surface area contributed by atoms with E-state index in [1.165, 1.54) is 21.0 Å². The van der Waals surface area contributed by atoms with Gasteiger partial charge in [0.2, 0.25) is 0 Å². The average Bonchev–Trinajstić information content (AvgIpc) is 2.90. The number of para-hydroxylation sites is 1. The summed E-state index contributed by atoms with van der Waals surface area (Å²) in [6, 6.07) is 21.1. The van der Waals surface area contributed by atoms with Crippen LogP contribution in [0.5, 0.6) is 0 Å². The molecular formula is C17H10BrNS. The van der Waals surface area contributed by atoms with Crippen LogP contribution in [0.15, 0.2) is 65.1 Å². The van der Waals surface area contributed by atoms with Gasteiger partial charge in [0.05, 0.1) is 10.2 Å². The van der Waals surface area contributed by atoms with Crippen LogP contribution in [0.25, 0.3) is 31.6 Å². The van der Waals surface area contributed by atoms with E-state index in [1.807, 2.05) is 6.07 Å². The van der Waals surface area contributed by atoms with Crippen LogP contribution in [0.3, 0.4) is 0 Å². The molecule has 0 saturated carbocycles. The lowest BCUT2D eigenvalue weighted by Crippen LogP contribution is -1.78. The van der Waals surface area contributed by atoms with Gasteiger partial charge in [-0.25, -0.2) is 4.98 Å². The Labute approximate surface area is 129 Å². The molecule has 1 heterocycles. The number of thiazole rings is 1. The van der Waals surface area contributed by atoms with Gasteiger partial charge in [-0.15, -0.1) is 11.3 Å². The highest BCUT2D eigenvalue weighted by atomic mass is 79.9. The summed E-state index contributed by atoms with van der Waals surface area (Å²) in [6.07, 6.45) is 0. The van der Waals surface area contributed by atoms with Crippen molar-refractivity contribution in [2.75, 3.05) is 0 Å². The Hall–Kier alpha value is -1.71. The molecule has 0 spiro atoms. The molecular weight excluding hydrogens is 330 g/mol. The predicted octanol–water partition coefficient (Wildman–Crippen LogP) is 5.88. The Kier molecular flexibility index (Phi) is 2.83. The third-order valence-electron chi connectivity index (χ3n) is 3.34. The van der Waals surface area contributed by atoms with Crippen molar-refractivity contribution >= 4 is 48.3 Å².